The number of nitrogens with one attached hydrogen (secondary N) is 2. The number of hydrogen-bond acceptors (Lipinski definition) is 6. The van der Waals surface area contributed by atoms with E-state index >= 15 is 0 Å². The smallest absolute Gasteiger partial charge is 0.241 e. The van der Waals surface area contributed by atoms with Gasteiger partial charge in [-0.2, -0.15) is 4.72 Å². The molecule has 0 saturated heterocycles. The first kappa shape index (κ1) is 45.2. The largest absolute Gasteiger partial charge is 0.386 e. The molecule has 8 nitrogen and oxygen atoms in total. The first-order valence-corrected chi connectivity index (χ1v) is 22.3. The fourth-order valence-corrected chi connectivity index (χ4v) is 11.2. The zero-order valence-electron chi connectivity index (χ0n) is 30.0. The summed E-state index contributed by atoms with van der Waals surface area (Å²) in [6.07, 6.45) is 6.13. The molecule has 2 fully saturated rings. The molecule has 2 aliphatic carbocycles. The summed E-state index contributed by atoms with van der Waals surface area (Å²) in [5, 5.41) is 12.7. The van der Waals surface area contributed by atoms with Gasteiger partial charge >= 0.3 is 0 Å². The minimum Gasteiger partial charge on any atom is -0.386 e. The fourth-order valence-electron chi connectivity index (χ4n) is 7.24. The van der Waals surface area contributed by atoms with E-state index in [1.807, 2.05) is 13.8 Å². The first-order valence-electron chi connectivity index (χ1n) is 17.8. The molecule has 0 bridgehead atoms. The average molecular weight is 871 g/mol. The maximum atomic E-state index is 13.3. The molecular formula is C41H48Cl4N2O6S2. The Hall–Kier alpha value is -2.51. The highest BCUT2D eigenvalue weighted by Crippen LogP contribution is 2.41. The SMILES string of the molecule is C.Cc1ccc(S(=O)(=O)NC2(C(=O)c3cc(Cl)cc(Cl)c3)CCCCC2)cc1.Cc1ccc(S(=O)(=O)NC2(C(O)c3cc(Cl)cc(Cl)c3)CCCCC2)cc1. The van der Waals surface area contributed by atoms with Crippen molar-refractivity contribution in [3.8, 4) is 0 Å². The number of ketones is 1. The second-order valence-corrected chi connectivity index (χ2v) is 19.4. The van der Waals surface area contributed by atoms with Crippen molar-refractivity contribution in [1.82, 2.24) is 9.44 Å². The molecule has 0 aliphatic heterocycles. The lowest BCUT2D eigenvalue weighted by atomic mass is 9.76. The van der Waals surface area contributed by atoms with Crippen LogP contribution in [0, 0.1) is 13.8 Å². The molecule has 0 amide bonds. The number of benzene rings is 4. The molecule has 55 heavy (non-hydrogen) atoms. The average Bonchev–Trinajstić information content (AvgIpc) is 3.11. The molecule has 14 heteroatoms. The van der Waals surface area contributed by atoms with E-state index in [0.717, 1.165) is 49.7 Å². The number of aliphatic hydroxyl groups excluding tert-OH is 1. The third kappa shape index (κ3) is 11.3. The Kier molecular flexibility index (Phi) is 15.5. The number of sulfonamides is 2. The molecule has 0 heterocycles. The third-order valence-corrected chi connectivity index (χ3v) is 14.1. The lowest BCUT2D eigenvalue weighted by Crippen LogP contribution is -2.55. The van der Waals surface area contributed by atoms with Gasteiger partial charge in [-0.3, -0.25) is 4.79 Å². The van der Waals surface area contributed by atoms with Crippen molar-refractivity contribution in [3.05, 3.63) is 127 Å². The van der Waals surface area contributed by atoms with Crippen LogP contribution < -0.4 is 9.44 Å². The summed E-state index contributed by atoms with van der Waals surface area (Å²) < 4.78 is 57.5. The van der Waals surface area contributed by atoms with Crippen LogP contribution in [0.4, 0.5) is 0 Å². The molecule has 4 aromatic rings. The highest BCUT2D eigenvalue weighted by atomic mass is 35.5. The van der Waals surface area contributed by atoms with E-state index in [4.69, 9.17) is 46.4 Å². The monoisotopic (exact) mass is 868 g/mol. The first-order chi connectivity index (χ1) is 25.4. The van der Waals surface area contributed by atoms with Crippen LogP contribution in [0.1, 0.15) is 105 Å². The highest BCUT2D eigenvalue weighted by Gasteiger charge is 2.45. The standard InChI is InChI=1S/C20H23Cl2NO3S.C20H21Cl2NO3S.CH4/c2*1-14-5-7-18(8-6-14)27(25,26)23-20(9-3-2-4-10-20)19(24)15-11-16(21)13-17(22)12-15;/h5-8,11-13,19,23-24H,2-4,9-10H2,1H3;5-8,11-13,23H,2-4,9-10H2,1H3;1H4. The molecule has 0 radical (unpaired) electrons. The maximum absolute atomic E-state index is 13.3. The number of aliphatic hydroxyl groups is 1. The Morgan fingerprint density at radius 2 is 0.982 bits per heavy atom. The summed E-state index contributed by atoms with van der Waals surface area (Å²) in [4.78, 5) is 13.7. The van der Waals surface area contributed by atoms with Crippen LogP contribution in [0.25, 0.3) is 0 Å². The molecule has 1 atom stereocenters. The van der Waals surface area contributed by atoms with E-state index < -0.39 is 37.2 Å². The number of rotatable bonds is 10. The molecule has 6 rings (SSSR count). The van der Waals surface area contributed by atoms with E-state index in [-0.39, 0.29) is 23.0 Å². The Morgan fingerprint density at radius 3 is 1.42 bits per heavy atom. The molecular weight excluding hydrogens is 822 g/mol. The van der Waals surface area contributed by atoms with Gasteiger partial charge in [-0.15, -0.1) is 0 Å². The zero-order valence-corrected chi connectivity index (χ0v) is 34.7. The summed E-state index contributed by atoms with van der Waals surface area (Å²) >= 11 is 24.3. The zero-order chi connectivity index (χ0) is 39.3. The predicted octanol–water partition coefficient (Wildman–Crippen LogP) is 10.8. The molecule has 298 valence electrons. The predicted molar refractivity (Wildman–Crippen MR) is 224 cm³/mol. The van der Waals surface area contributed by atoms with Crippen molar-refractivity contribution in [3.63, 3.8) is 0 Å². The fraction of sp³-hybridized carbons (Fsp3) is 0.390. The van der Waals surface area contributed by atoms with Crippen LogP contribution in [-0.4, -0.2) is 38.8 Å². The van der Waals surface area contributed by atoms with E-state index in [1.165, 1.54) is 12.1 Å². The van der Waals surface area contributed by atoms with Gasteiger partial charge in [0.1, 0.15) is 0 Å². The summed E-state index contributed by atoms with van der Waals surface area (Å²) in [6, 6.07) is 22.7. The normalized spacial score (nSPS) is 17.2. The number of aryl methyl sites for hydroxylation is 2. The van der Waals surface area contributed by atoms with Crippen molar-refractivity contribution in [2.75, 3.05) is 0 Å². The van der Waals surface area contributed by atoms with Crippen molar-refractivity contribution in [1.29, 1.82) is 0 Å². The minimum atomic E-state index is -3.85. The number of hydrogen-bond donors (Lipinski definition) is 3. The van der Waals surface area contributed by atoms with Crippen LogP contribution in [0.3, 0.4) is 0 Å². The summed E-state index contributed by atoms with van der Waals surface area (Å²) in [5.74, 6) is -0.290. The van der Waals surface area contributed by atoms with E-state index in [0.29, 0.717) is 56.9 Å². The maximum Gasteiger partial charge on any atom is 0.241 e. The Bertz CT molecular complexity index is 2130. The summed E-state index contributed by atoms with van der Waals surface area (Å²) in [5.41, 5.74) is 0.606. The topological polar surface area (TPSA) is 130 Å². The van der Waals surface area contributed by atoms with E-state index in [1.54, 1.807) is 72.8 Å². The van der Waals surface area contributed by atoms with Crippen LogP contribution in [0.15, 0.2) is 94.7 Å². The summed E-state index contributed by atoms with van der Waals surface area (Å²) in [6.45, 7) is 3.79. The molecule has 2 saturated carbocycles. The van der Waals surface area contributed by atoms with Crippen molar-refractivity contribution < 1.29 is 26.7 Å². The van der Waals surface area contributed by atoms with Gasteiger partial charge in [0, 0.05) is 25.7 Å². The number of halogens is 4. The van der Waals surface area contributed by atoms with Crippen LogP contribution in [-0.2, 0) is 20.0 Å². The molecule has 3 N–H and O–H groups in total. The van der Waals surface area contributed by atoms with Gasteiger partial charge in [0.2, 0.25) is 20.0 Å². The Labute approximate surface area is 346 Å². The minimum absolute atomic E-state index is 0. The molecule has 2 aliphatic rings. The quantitative estimate of drug-likeness (QED) is 0.136. The van der Waals surface area contributed by atoms with E-state index in [2.05, 4.69) is 9.44 Å². The van der Waals surface area contributed by atoms with Crippen molar-refractivity contribution in [2.24, 2.45) is 0 Å². The van der Waals surface area contributed by atoms with Crippen LogP contribution in [0.5, 0.6) is 0 Å². The van der Waals surface area contributed by atoms with Crippen LogP contribution >= 0.6 is 46.4 Å². The van der Waals surface area contributed by atoms with Gasteiger partial charge in [-0.1, -0.05) is 128 Å². The van der Waals surface area contributed by atoms with Gasteiger partial charge in [0.25, 0.3) is 0 Å². The van der Waals surface area contributed by atoms with Gasteiger partial charge < -0.3 is 5.11 Å². The number of Topliss-reactive ketones (excluding diaryl/α,β-unsaturated/α-hetero) is 1. The number of carbonyl (C=O) groups is 1. The Morgan fingerprint density at radius 1 is 0.600 bits per heavy atom. The van der Waals surface area contributed by atoms with Gasteiger partial charge in [0.15, 0.2) is 5.78 Å². The second-order valence-electron chi connectivity index (χ2n) is 14.3. The third-order valence-electron chi connectivity index (χ3n) is 10.1. The van der Waals surface area contributed by atoms with Gasteiger partial charge in [-0.25, -0.2) is 21.6 Å². The van der Waals surface area contributed by atoms with Crippen molar-refractivity contribution in [2.45, 2.75) is 112 Å². The molecule has 0 spiro atoms. The summed E-state index contributed by atoms with van der Waals surface area (Å²) in [7, 11) is -7.63. The highest BCUT2D eigenvalue weighted by molar-refractivity contribution is 7.89. The Balaban J connectivity index is 0.000000240. The second kappa shape index (κ2) is 18.8. The van der Waals surface area contributed by atoms with Crippen LogP contribution in [0.2, 0.25) is 20.1 Å². The molecule has 0 aromatic heterocycles. The van der Waals surface area contributed by atoms with E-state index in [9.17, 15) is 26.7 Å². The lowest BCUT2D eigenvalue weighted by Gasteiger charge is -2.41. The van der Waals surface area contributed by atoms with Crippen molar-refractivity contribution >= 4 is 72.2 Å². The van der Waals surface area contributed by atoms with Gasteiger partial charge in [0.05, 0.1) is 27.0 Å². The number of carbonyl (C=O) groups excluding carboxylic acids is 1. The molecule has 4 aromatic carbocycles. The van der Waals surface area contributed by atoms with Gasteiger partial charge in [-0.05, 0) is 106 Å². The lowest BCUT2D eigenvalue weighted by molar-refractivity contribution is 0.0473. The molecule has 1 unspecified atom stereocenters.